The van der Waals surface area contributed by atoms with Crippen molar-refractivity contribution in [1.82, 2.24) is 5.32 Å². The molecule has 0 unspecified atom stereocenters. The molecule has 0 atom stereocenters. The summed E-state index contributed by atoms with van der Waals surface area (Å²) in [5.41, 5.74) is -0.972. The standard InChI is InChI=1S/C15H19F3N2O/c16-15(17,18)12-3-1-2-4-13(12)20-14(21)6-5-11-7-9-19-10-8-11/h1-4,11,19H,5-10H2,(H,20,21). The number of anilines is 1. The molecule has 0 radical (unpaired) electrons. The molecule has 1 saturated heterocycles. The lowest BCUT2D eigenvalue weighted by Gasteiger charge is -2.22. The number of hydrogen-bond acceptors (Lipinski definition) is 2. The molecule has 3 nitrogen and oxygen atoms in total. The van der Waals surface area contributed by atoms with Gasteiger partial charge in [0.1, 0.15) is 0 Å². The van der Waals surface area contributed by atoms with Crippen LogP contribution in [-0.2, 0) is 11.0 Å². The molecule has 116 valence electrons. The molecule has 1 aliphatic heterocycles. The van der Waals surface area contributed by atoms with Gasteiger partial charge in [0.25, 0.3) is 0 Å². The summed E-state index contributed by atoms with van der Waals surface area (Å²) in [6.45, 7) is 1.90. The molecular weight excluding hydrogens is 281 g/mol. The largest absolute Gasteiger partial charge is 0.418 e. The highest BCUT2D eigenvalue weighted by atomic mass is 19.4. The van der Waals surface area contributed by atoms with Crippen LogP contribution in [0.15, 0.2) is 24.3 Å². The van der Waals surface area contributed by atoms with Gasteiger partial charge in [-0.3, -0.25) is 4.79 Å². The van der Waals surface area contributed by atoms with Crippen molar-refractivity contribution >= 4 is 11.6 Å². The summed E-state index contributed by atoms with van der Waals surface area (Å²) in [7, 11) is 0. The van der Waals surface area contributed by atoms with Crippen molar-refractivity contribution in [2.75, 3.05) is 18.4 Å². The highest BCUT2D eigenvalue weighted by molar-refractivity contribution is 5.91. The van der Waals surface area contributed by atoms with E-state index >= 15 is 0 Å². The Morgan fingerprint density at radius 3 is 2.57 bits per heavy atom. The first-order chi connectivity index (χ1) is 9.97. The molecule has 1 aliphatic rings. The number of benzene rings is 1. The summed E-state index contributed by atoms with van der Waals surface area (Å²) in [5.74, 6) is 0.125. The second-order valence-electron chi connectivity index (χ2n) is 5.32. The summed E-state index contributed by atoms with van der Waals surface area (Å²) >= 11 is 0. The van der Waals surface area contributed by atoms with Crippen molar-refractivity contribution in [2.24, 2.45) is 5.92 Å². The maximum Gasteiger partial charge on any atom is 0.418 e. The summed E-state index contributed by atoms with van der Waals surface area (Å²) in [4.78, 5) is 11.8. The minimum absolute atomic E-state index is 0.166. The fraction of sp³-hybridized carbons (Fsp3) is 0.533. The maximum atomic E-state index is 12.8. The van der Waals surface area contributed by atoms with Gasteiger partial charge in [-0.1, -0.05) is 12.1 Å². The number of alkyl halides is 3. The van der Waals surface area contributed by atoms with Gasteiger partial charge in [0.2, 0.25) is 5.91 Å². The third-order valence-corrected chi connectivity index (χ3v) is 3.74. The van der Waals surface area contributed by atoms with Crippen LogP contribution in [0.2, 0.25) is 0 Å². The minimum atomic E-state index is -4.46. The van der Waals surface area contributed by atoms with Gasteiger partial charge in [0.05, 0.1) is 11.3 Å². The number of piperidine rings is 1. The number of hydrogen-bond donors (Lipinski definition) is 2. The van der Waals surface area contributed by atoms with Gasteiger partial charge in [-0.25, -0.2) is 0 Å². The SMILES string of the molecule is O=C(CCC1CCNCC1)Nc1ccccc1C(F)(F)F. The van der Waals surface area contributed by atoms with Crippen molar-refractivity contribution < 1.29 is 18.0 Å². The molecule has 0 spiro atoms. The van der Waals surface area contributed by atoms with E-state index < -0.39 is 11.7 Å². The number of amides is 1. The normalized spacial score (nSPS) is 16.7. The number of carbonyl (C=O) groups is 1. The minimum Gasteiger partial charge on any atom is -0.326 e. The van der Waals surface area contributed by atoms with E-state index in [9.17, 15) is 18.0 Å². The molecule has 0 aliphatic carbocycles. The molecule has 0 bridgehead atoms. The predicted molar refractivity (Wildman–Crippen MR) is 74.9 cm³/mol. The molecule has 1 aromatic rings. The smallest absolute Gasteiger partial charge is 0.326 e. The predicted octanol–water partition coefficient (Wildman–Crippen LogP) is 3.42. The van der Waals surface area contributed by atoms with Crippen LogP contribution in [0.25, 0.3) is 0 Å². The number of rotatable bonds is 4. The van der Waals surface area contributed by atoms with E-state index in [4.69, 9.17) is 0 Å². The Labute approximate surface area is 121 Å². The van der Waals surface area contributed by atoms with E-state index in [-0.39, 0.29) is 18.0 Å². The second kappa shape index (κ2) is 6.93. The molecule has 21 heavy (non-hydrogen) atoms. The van der Waals surface area contributed by atoms with Gasteiger partial charge < -0.3 is 10.6 Å². The van der Waals surface area contributed by atoms with Crippen LogP contribution in [0.5, 0.6) is 0 Å². The van der Waals surface area contributed by atoms with Crippen molar-refractivity contribution in [2.45, 2.75) is 31.9 Å². The fourth-order valence-corrected chi connectivity index (χ4v) is 2.56. The lowest BCUT2D eigenvalue weighted by atomic mass is 9.93. The first kappa shape index (κ1) is 15.8. The van der Waals surface area contributed by atoms with Crippen LogP contribution in [0.3, 0.4) is 0 Å². The molecule has 1 amide bonds. The van der Waals surface area contributed by atoms with E-state index in [0.29, 0.717) is 5.92 Å². The van der Waals surface area contributed by atoms with E-state index in [1.165, 1.54) is 18.2 Å². The van der Waals surface area contributed by atoms with E-state index in [1.54, 1.807) is 0 Å². The zero-order valence-corrected chi connectivity index (χ0v) is 11.7. The Hall–Kier alpha value is -1.56. The maximum absolute atomic E-state index is 12.8. The van der Waals surface area contributed by atoms with Crippen LogP contribution >= 0.6 is 0 Å². The number of nitrogens with one attached hydrogen (secondary N) is 2. The lowest BCUT2D eigenvalue weighted by molar-refractivity contribution is -0.137. The molecule has 2 N–H and O–H groups in total. The average Bonchev–Trinajstić information content (AvgIpc) is 2.46. The number of carbonyl (C=O) groups excluding carboxylic acids is 1. The van der Waals surface area contributed by atoms with Crippen molar-refractivity contribution in [3.63, 3.8) is 0 Å². The average molecular weight is 300 g/mol. The number of para-hydroxylation sites is 1. The third kappa shape index (κ3) is 4.74. The van der Waals surface area contributed by atoms with Gasteiger partial charge >= 0.3 is 6.18 Å². The monoisotopic (exact) mass is 300 g/mol. The highest BCUT2D eigenvalue weighted by Gasteiger charge is 2.33. The van der Waals surface area contributed by atoms with E-state index in [2.05, 4.69) is 10.6 Å². The Kier molecular flexibility index (Phi) is 5.22. The Morgan fingerprint density at radius 2 is 1.90 bits per heavy atom. The first-order valence-electron chi connectivity index (χ1n) is 7.13. The van der Waals surface area contributed by atoms with E-state index in [1.807, 2.05) is 0 Å². The van der Waals surface area contributed by atoms with Crippen molar-refractivity contribution in [3.8, 4) is 0 Å². The van der Waals surface area contributed by atoms with Gasteiger partial charge in [-0.15, -0.1) is 0 Å². The van der Waals surface area contributed by atoms with Crippen LogP contribution < -0.4 is 10.6 Å². The van der Waals surface area contributed by atoms with Crippen LogP contribution in [-0.4, -0.2) is 19.0 Å². The summed E-state index contributed by atoms with van der Waals surface area (Å²) in [5, 5.41) is 5.62. The molecule has 0 saturated carbocycles. The lowest BCUT2D eigenvalue weighted by Crippen LogP contribution is -2.28. The molecule has 1 aromatic carbocycles. The van der Waals surface area contributed by atoms with Crippen LogP contribution in [0, 0.1) is 5.92 Å². The Bertz CT molecular complexity index is 482. The summed E-state index contributed by atoms with van der Waals surface area (Å²) < 4.78 is 38.5. The molecule has 6 heteroatoms. The summed E-state index contributed by atoms with van der Waals surface area (Å²) in [6, 6.07) is 5.05. The van der Waals surface area contributed by atoms with Crippen molar-refractivity contribution in [3.05, 3.63) is 29.8 Å². The quantitative estimate of drug-likeness (QED) is 0.894. The molecule has 1 fully saturated rings. The van der Waals surface area contributed by atoms with Crippen LogP contribution in [0.4, 0.5) is 18.9 Å². The zero-order valence-electron chi connectivity index (χ0n) is 11.7. The molecule has 1 heterocycles. The second-order valence-corrected chi connectivity index (χ2v) is 5.32. The molecule has 0 aromatic heterocycles. The molecular formula is C15H19F3N2O. The van der Waals surface area contributed by atoms with Crippen LogP contribution in [0.1, 0.15) is 31.2 Å². The fourth-order valence-electron chi connectivity index (χ4n) is 2.56. The first-order valence-corrected chi connectivity index (χ1v) is 7.13. The Morgan fingerprint density at radius 1 is 1.24 bits per heavy atom. The van der Waals surface area contributed by atoms with Gasteiger partial charge in [0, 0.05) is 6.42 Å². The van der Waals surface area contributed by atoms with Gasteiger partial charge in [-0.05, 0) is 50.4 Å². The summed E-state index contributed by atoms with van der Waals surface area (Å²) in [6.07, 6.45) is -1.43. The third-order valence-electron chi connectivity index (χ3n) is 3.74. The number of halogens is 3. The van der Waals surface area contributed by atoms with Crippen molar-refractivity contribution in [1.29, 1.82) is 0 Å². The molecule has 2 rings (SSSR count). The topological polar surface area (TPSA) is 41.1 Å². The zero-order chi connectivity index (χ0) is 15.3. The Balaban J connectivity index is 1.90. The highest BCUT2D eigenvalue weighted by Crippen LogP contribution is 2.34. The van der Waals surface area contributed by atoms with E-state index in [0.717, 1.165) is 38.4 Å². The van der Waals surface area contributed by atoms with Gasteiger partial charge in [0.15, 0.2) is 0 Å². The van der Waals surface area contributed by atoms with Gasteiger partial charge in [-0.2, -0.15) is 13.2 Å².